The number of aryl methyl sites for hydroxylation is 1. The summed E-state index contributed by atoms with van der Waals surface area (Å²) >= 11 is 0. The highest BCUT2D eigenvalue weighted by Gasteiger charge is 2.33. The van der Waals surface area contributed by atoms with Crippen LogP contribution in [0, 0.1) is 12.8 Å². The minimum Gasteiger partial charge on any atom is -0.369 e. The third-order valence-electron chi connectivity index (χ3n) is 3.98. The Labute approximate surface area is 137 Å². The molecule has 0 aliphatic carbocycles. The van der Waals surface area contributed by atoms with Crippen molar-refractivity contribution in [2.45, 2.75) is 6.92 Å². The van der Waals surface area contributed by atoms with Crippen molar-refractivity contribution >= 4 is 34.5 Å². The molecule has 1 amide bonds. The van der Waals surface area contributed by atoms with Gasteiger partial charge in [-0.1, -0.05) is 0 Å². The molecule has 1 aliphatic rings. The Hall–Kier alpha value is -3.23. The van der Waals surface area contributed by atoms with Gasteiger partial charge in [0.15, 0.2) is 11.5 Å². The molecule has 0 spiro atoms. The topological polar surface area (TPSA) is 126 Å². The van der Waals surface area contributed by atoms with Crippen LogP contribution in [-0.2, 0) is 4.79 Å². The van der Waals surface area contributed by atoms with Gasteiger partial charge in [-0.25, -0.2) is 4.98 Å². The van der Waals surface area contributed by atoms with Gasteiger partial charge < -0.3 is 16.0 Å². The second-order valence-corrected chi connectivity index (χ2v) is 5.81. The van der Waals surface area contributed by atoms with Gasteiger partial charge in [0.2, 0.25) is 11.9 Å². The maximum Gasteiger partial charge on any atom is 0.229 e. The van der Waals surface area contributed by atoms with E-state index in [-0.39, 0.29) is 11.8 Å². The summed E-state index contributed by atoms with van der Waals surface area (Å²) in [5.41, 5.74) is 6.85. The maximum absolute atomic E-state index is 11.2. The zero-order valence-corrected chi connectivity index (χ0v) is 13.0. The van der Waals surface area contributed by atoms with E-state index >= 15 is 0 Å². The first-order chi connectivity index (χ1) is 11.6. The fourth-order valence-corrected chi connectivity index (χ4v) is 2.61. The summed E-state index contributed by atoms with van der Waals surface area (Å²) in [4.78, 5) is 26.5. The highest BCUT2D eigenvalue weighted by molar-refractivity contribution is 5.89. The summed E-state index contributed by atoms with van der Waals surface area (Å²) in [6.45, 7) is 2.97. The fourth-order valence-electron chi connectivity index (χ4n) is 2.61. The van der Waals surface area contributed by atoms with Crippen molar-refractivity contribution in [2.75, 3.05) is 23.3 Å². The Morgan fingerprint density at radius 2 is 2.25 bits per heavy atom. The second kappa shape index (κ2) is 5.44. The quantitative estimate of drug-likeness (QED) is 0.645. The number of pyridine rings is 1. The van der Waals surface area contributed by atoms with Crippen molar-refractivity contribution < 1.29 is 4.79 Å². The first-order valence-electron chi connectivity index (χ1n) is 7.56. The molecule has 24 heavy (non-hydrogen) atoms. The van der Waals surface area contributed by atoms with Gasteiger partial charge in [-0.05, 0) is 19.1 Å². The van der Waals surface area contributed by atoms with E-state index in [0.717, 1.165) is 11.1 Å². The molecule has 4 N–H and O–H groups in total. The van der Waals surface area contributed by atoms with E-state index in [9.17, 15) is 4.79 Å². The first kappa shape index (κ1) is 14.4. The molecule has 0 bridgehead atoms. The predicted molar refractivity (Wildman–Crippen MR) is 88.8 cm³/mol. The molecule has 0 aromatic carbocycles. The fraction of sp³-hybridized carbons (Fsp3) is 0.267. The number of carbonyl (C=O) groups is 1. The van der Waals surface area contributed by atoms with E-state index in [1.165, 1.54) is 0 Å². The standard InChI is InChI=1S/C15H16N8O/c1-8-5-11(22-21-8)18-14-10-3-2-4-17-13(10)19-15(20-14)23-6-9(7-23)12(16)24/h2-5,9H,6-7H2,1H3,(H2,16,24)(H2,17,18,19,20,21,22). The summed E-state index contributed by atoms with van der Waals surface area (Å²) in [6, 6.07) is 5.62. The van der Waals surface area contributed by atoms with Gasteiger partial charge in [-0.3, -0.25) is 9.89 Å². The molecule has 1 saturated heterocycles. The number of hydrogen-bond acceptors (Lipinski definition) is 7. The molecule has 3 aromatic rings. The van der Waals surface area contributed by atoms with Crippen molar-refractivity contribution in [1.82, 2.24) is 25.1 Å². The number of amides is 1. The molecule has 4 rings (SSSR count). The Bertz CT molecular complexity index is 915. The maximum atomic E-state index is 11.2. The third-order valence-corrected chi connectivity index (χ3v) is 3.98. The lowest BCUT2D eigenvalue weighted by Gasteiger charge is -2.37. The lowest BCUT2D eigenvalue weighted by atomic mass is 10.0. The summed E-state index contributed by atoms with van der Waals surface area (Å²) in [5.74, 6) is 1.36. The average Bonchev–Trinajstić information content (AvgIpc) is 2.90. The Morgan fingerprint density at radius 1 is 1.42 bits per heavy atom. The lowest BCUT2D eigenvalue weighted by Crippen LogP contribution is -2.53. The van der Waals surface area contributed by atoms with Gasteiger partial charge in [0.25, 0.3) is 0 Å². The third kappa shape index (κ3) is 2.49. The average molecular weight is 324 g/mol. The van der Waals surface area contributed by atoms with E-state index < -0.39 is 0 Å². The smallest absolute Gasteiger partial charge is 0.229 e. The molecular weight excluding hydrogens is 308 g/mol. The molecule has 3 aromatic heterocycles. The SMILES string of the molecule is Cc1cc(Nc2nc(N3CC(C(N)=O)C3)nc3ncccc23)n[nH]1. The zero-order chi connectivity index (χ0) is 16.7. The molecule has 1 fully saturated rings. The number of hydrogen-bond donors (Lipinski definition) is 3. The van der Waals surface area contributed by atoms with E-state index in [1.54, 1.807) is 6.20 Å². The Balaban J connectivity index is 1.70. The number of H-pyrrole nitrogens is 1. The number of rotatable bonds is 4. The van der Waals surface area contributed by atoms with Crippen LogP contribution in [0.3, 0.4) is 0 Å². The highest BCUT2D eigenvalue weighted by Crippen LogP contribution is 2.27. The van der Waals surface area contributed by atoms with E-state index in [4.69, 9.17) is 5.73 Å². The minimum absolute atomic E-state index is 0.154. The predicted octanol–water partition coefficient (Wildman–Crippen LogP) is 0.721. The number of nitrogens with two attached hydrogens (primary N) is 1. The molecule has 9 nitrogen and oxygen atoms in total. The summed E-state index contributed by atoms with van der Waals surface area (Å²) in [6.07, 6.45) is 1.68. The van der Waals surface area contributed by atoms with Crippen molar-refractivity contribution in [1.29, 1.82) is 0 Å². The molecular formula is C15H16N8O. The van der Waals surface area contributed by atoms with Gasteiger partial charge in [0.1, 0.15) is 5.82 Å². The molecule has 0 radical (unpaired) electrons. The van der Waals surface area contributed by atoms with Crippen LogP contribution in [0.1, 0.15) is 5.69 Å². The Morgan fingerprint density at radius 3 is 2.96 bits per heavy atom. The van der Waals surface area contributed by atoms with Crippen LogP contribution in [0.2, 0.25) is 0 Å². The normalized spacial score (nSPS) is 14.6. The molecule has 122 valence electrons. The number of nitrogens with zero attached hydrogens (tertiary/aromatic N) is 5. The number of primary amides is 1. The zero-order valence-electron chi connectivity index (χ0n) is 13.0. The number of aromatic amines is 1. The molecule has 0 atom stereocenters. The lowest BCUT2D eigenvalue weighted by molar-refractivity contribution is -0.122. The summed E-state index contributed by atoms with van der Waals surface area (Å²) in [5, 5.41) is 11.0. The van der Waals surface area contributed by atoms with Crippen LogP contribution in [0.15, 0.2) is 24.4 Å². The molecule has 0 saturated carbocycles. The van der Waals surface area contributed by atoms with Gasteiger partial charge in [-0.15, -0.1) is 0 Å². The molecule has 1 aliphatic heterocycles. The van der Waals surface area contributed by atoms with Crippen molar-refractivity contribution in [2.24, 2.45) is 11.7 Å². The van der Waals surface area contributed by atoms with Crippen molar-refractivity contribution in [3.63, 3.8) is 0 Å². The van der Waals surface area contributed by atoms with E-state index in [1.807, 2.05) is 30.0 Å². The van der Waals surface area contributed by atoms with Crippen LogP contribution in [0.4, 0.5) is 17.6 Å². The first-order valence-corrected chi connectivity index (χ1v) is 7.56. The van der Waals surface area contributed by atoms with Gasteiger partial charge in [-0.2, -0.15) is 15.1 Å². The number of anilines is 3. The molecule has 0 unspecified atom stereocenters. The van der Waals surface area contributed by atoms with Crippen LogP contribution >= 0.6 is 0 Å². The van der Waals surface area contributed by atoms with Crippen LogP contribution in [0.25, 0.3) is 11.0 Å². The number of nitrogens with one attached hydrogen (secondary N) is 2. The number of carbonyl (C=O) groups excluding carboxylic acids is 1. The van der Waals surface area contributed by atoms with Crippen LogP contribution in [0.5, 0.6) is 0 Å². The minimum atomic E-state index is -0.296. The Kier molecular flexibility index (Phi) is 3.26. The van der Waals surface area contributed by atoms with E-state index in [0.29, 0.717) is 36.3 Å². The van der Waals surface area contributed by atoms with Gasteiger partial charge >= 0.3 is 0 Å². The van der Waals surface area contributed by atoms with Gasteiger partial charge in [0, 0.05) is 31.0 Å². The summed E-state index contributed by atoms with van der Waals surface area (Å²) in [7, 11) is 0. The largest absolute Gasteiger partial charge is 0.369 e. The van der Waals surface area contributed by atoms with Gasteiger partial charge in [0.05, 0.1) is 11.3 Å². The van der Waals surface area contributed by atoms with Crippen molar-refractivity contribution in [3.05, 3.63) is 30.1 Å². The van der Waals surface area contributed by atoms with Crippen LogP contribution < -0.4 is 16.0 Å². The van der Waals surface area contributed by atoms with E-state index in [2.05, 4.69) is 30.5 Å². The summed E-state index contributed by atoms with van der Waals surface area (Å²) < 4.78 is 0. The molecule has 9 heteroatoms. The van der Waals surface area contributed by atoms with Crippen LogP contribution in [-0.4, -0.2) is 44.1 Å². The number of fused-ring (bicyclic) bond motifs is 1. The number of aromatic nitrogens is 5. The monoisotopic (exact) mass is 324 g/mol. The van der Waals surface area contributed by atoms with Crippen molar-refractivity contribution in [3.8, 4) is 0 Å². The molecule has 4 heterocycles. The second-order valence-electron chi connectivity index (χ2n) is 5.81. The highest BCUT2D eigenvalue weighted by atomic mass is 16.1.